The van der Waals surface area contributed by atoms with E-state index in [2.05, 4.69) is 0 Å². The summed E-state index contributed by atoms with van der Waals surface area (Å²) in [6.45, 7) is 8.07. The number of hydrogen-bond donors (Lipinski definition) is 1. The Morgan fingerprint density at radius 3 is 2.14 bits per heavy atom. The number of anilines is 1. The van der Waals surface area contributed by atoms with Gasteiger partial charge in [-0.2, -0.15) is 0 Å². The third kappa shape index (κ3) is 3.54. The SMILES string of the molecule is Cc1cc(N)cc(C(=O)N2CCN(C(=O)C(C)C)CC2)c1. The van der Waals surface area contributed by atoms with Gasteiger partial charge in [-0.25, -0.2) is 0 Å². The van der Waals surface area contributed by atoms with Crippen molar-refractivity contribution in [2.24, 2.45) is 5.92 Å². The van der Waals surface area contributed by atoms with Crippen LogP contribution in [0.1, 0.15) is 29.8 Å². The summed E-state index contributed by atoms with van der Waals surface area (Å²) in [5.41, 5.74) is 8.00. The zero-order valence-electron chi connectivity index (χ0n) is 12.9. The molecule has 1 fully saturated rings. The normalized spacial score (nSPS) is 15.4. The fourth-order valence-corrected chi connectivity index (χ4v) is 2.61. The van der Waals surface area contributed by atoms with Crippen molar-refractivity contribution < 1.29 is 9.59 Å². The molecular formula is C16H23N3O2. The Morgan fingerprint density at radius 2 is 1.62 bits per heavy atom. The van der Waals surface area contributed by atoms with Gasteiger partial charge in [-0.3, -0.25) is 9.59 Å². The van der Waals surface area contributed by atoms with Crippen LogP contribution in [0.5, 0.6) is 0 Å². The molecule has 0 saturated carbocycles. The monoisotopic (exact) mass is 289 g/mol. The zero-order valence-corrected chi connectivity index (χ0v) is 12.9. The summed E-state index contributed by atoms with van der Waals surface area (Å²) >= 11 is 0. The van der Waals surface area contributed by atoms with Gasteiger partial charge in [0.25, 0.3) is 5.91 Å². The summed E-state index contributed by atoms with van der Waals surface area (Å²) in [7, 11) is 0. The summed E-state index contributed by atoms with van der Waals surface area (Å²) in [4.78, 5) is 28.0. The Kier molecular flexibility index (Phi) is 4.50. The molecule has 0 spiro atoms. The van der Waals surface area contributed by atoms with E-state index < -0.39 is 0 Å². The van der Waals surface area contributed by atoms with Gasteiger partial charge < -0.3 is 15.5 Å². The maximum absolute atomic E-state index is 12.5. The first-order valence-corrected chi connectivity index (χ1v) is 7.33. The molecule has 1 aliphatic rings. The fraction of sp³-hybridized carbons (Fsp3) is 0.500. The van der Waals surface area contributed by atoms with E-state index in [9.17, 15) is 9.59 Å². The minimum atomic E-state index is -0.0120. The van der Waals surface area contributed by atoms with E-state index in [1.807, 2.05) is 37.8 Å². The van der Waals surface area contributed by atoms with E-state index >= 15 is 0 Å². The fourth-order valence-electron chi connectivity index (χ4n) is 2.61. The summed E-state index contributed by atoms with van der Waals surface area (Å²) in [6, 6.07) is 5.40. The van der Waals surface area contributed by atoms with Crippen LogP contribution in [-0.4, -0.2) is 47.8 Å². The summed E-state index contributed by atoms with van der Waals surface area (Å²) < 4.78 is 0. The Hall–Kier alpha value is -2.04. The second kappa shape index (κ2) is 6.16. The Bertz CT molecular complexity index is 526. The van der Waals surface area contributed by atoms with Crippen molar-refractivity contribution in [3.8, 4) is 0 Å². The molecule has 1 aromatic rings. The van der Waals surface area contributed by atoms with Crippen molar-refractivity contribution in [1.29, 1.82) is 0 Å². The zero-order chi connectivity index (χ0) is 15.6. The molecule has 5 nitrogen and oxygen atoms in total. The van der Waals surface area contributed by atoms with Crippen LogP contribution < -0.4 is 5.73 Å². The molecule has 0 aromatic heterocycles. The molecule has 1 heterocycles. The number of nitrogens with zero attached hydrogens (tertiary/aromatic N) is 2. The molecule has 114 valence electrons. The van der Waals surface area contributed by atoms with Crippen LogP contribution in [0.2, 0.25) is 0 Å². The predicted octanol–water partition coefficient (Wildman–Crippen LogP) is 1.52. The largest absolute Gasteiger partial charge is 0.399 e. The van der Waals surface area contributed by atoms with Crippen LogP contribution in [-0.2, 0) is 4.79 Å². The van der Waals surface area contributed by atoms with Crippen molar-refractivity contribution in [2.45, 2.75) is 20.8 Å². The molecule has 1 saturated heterocycles. The highest BCUT2D eigenvalue weighted by atomic mass is 16.2. The standard InChI is InChI=1S/C16H23N3O2/c1-11(2)15(20)18-4-6-19(7-5-18)16(21)13-8-12(3)9-14(17)10-13/h8-11H,4-7,17H2,1-3H3. The summed E-state index contributed by atoms with van der Waals surface area (Å²) in [6.07, 6.45) is 0. The second-order valence-electron chi connectivity index (χ2n) is 5.90. The van der Waals surface area contributed by atoms with Crippen LogP contribution >= 0.6 is 0 Å². The first-order chi connectivity index (χ1) is 9.88. The molecule has 1 aromatic carbocycles. The summed E-state index contributed by atoms with van der Waals surface area (Å²) in [5.74, 6) is 0.146. The molecule has 0 unspecified atom stereocenters. The lowest BCUT2D eigenvalue weighted by atomic mass is 10.1. The van der Waals surface area contributed by atoms with Crippen LogP contribution in [0.25, 0.3) is 0 Å². The number of nitrogen functional groups attached to an aromatic ring is 1. The van der Waals surface area contributed by atoms with Gasteiger partial charge in [0.15, 0.2) is 0 Å². The van der Waals surface area contributed by atoms with Gasteiger partial charge in [0, 0.05) is 43.3 Å². The van der Waals surface area contributed by atoms with Gasteiger partial charge in [0.2, 0.25) is 5.91 Å². The first-order valence-electron chi connectivity index (χ1n) is 7.33. The lowest BCUT2D eigenvalue weighted by Crippen LogP contribution is -2.51. The van der Waals surface area contributed by atoms with Crippen molar-refractivity contribution in [1.82, 2.24) is 9.80 Å². The summed E-state index contributed by atoms with van der Waals surface area (Å²) in [5, 5.41) is 0. The number of piperazine rings is 1. The van der Waals surface area contributed by atoms with E-state index in [1.165, 1.54) is 0 Å². The molecule has 0 atom stereocenters. The van der Waals surface area contributed by atoms with E-state index in [0.717, 1.165) is 5.56 Å². The smallest absolute Gasteiger partial charge is 0.254 e. The van der Waals surface area contributed by atoms with Gasteiger partial charge in [-0.05, 0) is 30.7 Å². The van der Waals surface area contributed by atoms with Crippen molar-refractivity contribution >= 4 is 17.5 Å². The van der Waals surface area contributed by atoms with Crippen molar-refractivity contribution in [2.75, 3.05) is 31.9 Å². The van der Waals surface area contributed by atoms with E-state index in [4.69, 9.17) is 5.73 Å². The Balaban J connectivity index is 2.02. The molecule has 1 aliphatic heterocycles. The van der Waals surface area contributed by atoms with Crippen LogP contribution in [0, 0.1) is 12.8 Å². The average Bonchev–Trinajstić information content (AvgIpc) is 2.44. The average molecular weight is 289 g/mol. The first kappa shape index (κ1) is 15.4. The molecular weight excluding hydrogens is 266 g/mol. The molecule has 0 bridgehead atoms. The minimum Gasteiger partial charge on any atom is -0.399 e. The van der Waals surface area contributed by atoms with Crippen LogP contribution in [0.15, 0.2) is 18.2 Å². The number of rotatable bonds is 2. The van der Waals surface area contributed by atoms with Gasteiger partial charge in [-0.15, -0.1) is 0 Å². The highest BCUT2D eigenvalue weighted by molar-refractivity contribution is 5.95. The molecule has 2 rings (SSSR count). The maximum atomic E-state index is 12.5. The predicted molar refractivity (Wildman–Crippen MR) is 82.9 cm³/mol. The number of aryl methyl sites for hydroxylation is 1. The number of carbonyl (C=O) groups is 2. The van der Waals surface area contributed by atoms with Crippen molar-refractivity contribution in [3.05, 3.63) is 29.3 Å². The third-order valence-electron chi connectivity index (χ3n) is 3.72. The molecule has 0 aliphatic carbocycles. The topological polar surface area (TPSA) is 66.6 Å². The molecule has 5 heteroatoms. The van der Waals surface area contributed by atoms with Gasteiger partial charge in [0.05, 0.1) is 0 Å². The van der Waals surface area contributed by atoms with Gasteiger partial charge in [0.1, 0.15) is 0 Å². The number of amides is 2. The quantitative estimate of drug-likeness (QED) is 0.839. The molecule has 2 amide bonds. The molecule has 0 radical (unpaired) electrons. The maximum Gasteiger partial charge on any atom is 0.254 e. The van der Waals surface area contributed by atoms with Gasteiger partial charge >= 0.3 is 0 Å². The number of benzene rings is 1. The molecule has 21 heavy (non-hydrogen) atoms. The Morgan fingerprint density at radius 1 is 1.05 bits per heavy atom. The van der Waals surface area contributed by atoms with E-state index in [0.29, 0.717) is 37.4 Å². The van der Waals surface area contributed by atoms with E-state index in [1.54, 1.807) is 11.0 Å². The highest BCUT2D eigenvalue weighted by Crippen LogP contribution is 2.15. The Labute approximate surface area is 125 Å². The van der Waals surface area contributed by atoms with E-state index in [-0.39, 0.29) is 17.7 Å². The van der Waals surface area contributed by atoms with Gasteiger partial charge in [-0.1, -0.05) is 13.8 Å². The third-order valence-corrected chi connectivity index (χ3v) is 3.72. The lowest BCUT2D eigenvalue weighted by Gasteiger charge is -2.35. The minimum absolute atomic E-state index is 0.00354. The molecule has 2 N–H and O–H groups in total. The number of nitrogens with two attached hydrogens (primary N) is 1. The lowest BCUT2D eigenvalue weighted by molar-refractivity contribution is -0.135. The van der Waals surface area contributed by atoms with Crippen molar-refractivity contribution in [3.63, 3.8) is 0 Å². The number of carbonyl (C=O) groups excluding carboxylic acids is 2. The highest BCUT2D eigenvalue weighted by Gasteiger charge is 2.26. The number of hydrogen-bond acceptors (Lipinski definition) is 3. The second-order valence-corrected chi connectivity index (χ2v) is 5.90. The van der Waals surface area contributed by atoms with Crippen LogP contribution in [0.4, 0.5) is 5.69 Å². The van der Waals surface area contributed by atoms with Crippen LogP contribution in [0.3, 0.4) is 0 Å².